The van der Waals surface area contributed by atoms with Crippen LogP contribution >= 0.6 is 11.6 Å². The van der Waals surface area contributed by atoms with Crippen LogP contribution in [0.25, 0.3) is 10.9 Å². The van der Waals surface area contributed by atoms with Gasteiger partial charge in [0.25, 0.3) is 0 Å². The molecule has 6 heteroatoms. The average molecular weight is 394 g/mol. The molecule has 4 rings (SSSR count). The molecule has 5 nitrogen and oxygen atoms in total. The lowest BCUT2D eigenvalue weighted by atomic mass is 9.70. The Bertz CT molecular complexity index is 1140. The summed E-state index contributed by atoms with van der Waals surface area (Å²) in [6.45, 7) is 6.01. The topological polar surface area (TPSA) is 89.0 Å². The maximum Gasteiger partial charge on any atom is 0.205 e. The van der Waals surface area contributed by atoms with Gasteiger partial charge in [-0.2, -0.15) is 5.26 Å². The van der Waals surface area contributed by atoms with E-state index in [9.17, 15) is 10.1 Å². The molecule has 0 bridgehead atoms. The number of rotatable bonds is 1. The van der Waals surface area contributed by atoms with Crippen LogP contribution in [-0.4, -0.2) is 10.8 Å². The van der Waals surface area contributed by atoms with E-state index in [1.807, 2.05) is 45.0 Å². The maximum atomic E-state index is 13.0. The van der Waals surface area contributed by atoms with E-state index in [2.05, 4.69) is 11.1 Å². The number of hydrogen-bond acceptors (Lipinski definition) is 5. The van der Waals surface area contributed by atoms with Crippen LogP contribution in [0.5, 0.6) is 0 Å². The summed E-state index contributed by atoms with van der Waals surface area (Å²) in [5.74, 6) is -0.153. The molecule has 0 amide bonds. The monoisotopic (exact) mass is 393 g/mol. The summed E-state index contributed by atoms with van der Waals surface area (Å²) >= 11 is 6.54. The standard InChI is InChI=1S/C22H20ClN3O2/c1-11-4-5-12-7-13(20(23)26-15(12)6-11)18-14(10-24)21(25)28-17-9-22(2,3)8-16(27)19(17)18/h4-7,18H,8-9,25H2,1-3H3. The zero-order chi connectivity index (χ0) is 20.2. The van der Waals surface area contributed by atoms with E-state index >= 15 is 0 Å². The molecule has 2 aromatic rings. The Hall–Kier alpha value is -2.84. The number of carbonyl (C=O) groups is 1. The highest BCUT2D eigenvalue weighted by atomic mass is 35.5. The van der Waals surface area contributed by atoms with E-state index in [0.29, 0.717) is 29.7 Å². The number of aryl methyl sites for hydroxylation is 1. The first-order chi connectivity index (χ1) is 13.2. The van der Waals surface area contributed by atoms with Crippen LogP contribution < -0.4 is 5.73 Å². The van der Waals surface area contributed by atoms with Crippen LogP contribution in [0.15, 0.2) is 47.1 Å². The molecule has 1 unspecified atom stereocenters. The zero-order valence-electron chi connectivity index (χ0n) is 16.0. The lowest BCUT2D eigenvalue weighted by molar-refractivity contribution is -0.119. The Balaban J connectivity index is 1.96. The highest BCUT2D eigenvalue weighted by Crippen LogP contribution is 2.49. The smallest absolute Gasteiger partial charge is 0.205 e. The second-order valence-corrected chi connectivity index (χ2v) is 8.63. The molecule has 142 valence electrons. The van der Waals surface area contributed by atoms with Crippen LogP contribution in [0.2, 0.25) is 5.15 Å². The first-order valence-electron chi connectivity index (χ1n) is 9.11. The van der Waals surface area contributed by atoms with E-state index in [-0.39, 0.29) is 27.8 Å². The van der Waals surface area contributed by atoms with Crippen molar-refractivity contribution in [3.8, 4) is 6.07 Å². The highest BCUT2D eigenvalue weighted by Gasteiger charge is 2.43. The number of halogens is 1. The Kier molecular flexibility index (Phi) is 4.20. The lowest BCUT2D eigenvalue weighted by Crippen LogP contribution is -2.33. The Morgan fingerprint density at radius 2 is 2.07 bits per heavy atom. The van der Waals surface area contributed by atoms with Gasteiger partial charge in [-0.05, 0) is 30.0 Å². The van der Waals surface area contributed by atoms with Crippen LogP contribution in [0.3, 0.4) is 0 Å². The van der Waals surface area contributed by atoms with Crippen molar-refractivity contribution < 1.29 is 9.53 Å². The van der Waals surface area contributed by atoms with E-state index < -0.39 is 5.92 Å². The summed E-state index contributed by atoms with van der Waals surface area (Å²) in [6, 6.07) is 9.90. The summed E-state index contributed by atoms with van der Waals surface area (Å²) in [7, 11) is 0. The largest absolute Gasteiger partial charge is 0.444 e. The summed E-state index contributed by atoms with van der Waals surface area (Å²) in [6.07, 6.45) is 0.948. The molecule has 1 aliphatic carbocycles. The van der Waals surface area contributed by atoms with Crippen molar-refractivity contribution in [2.75, 3.05) is 0 Å². The maximum absolute atomic E-state index is 13.0. The van der Waals surface area contributed by atoms with Gasteiger partial charge in [0.05, 0.1) is 11.4 Å². The van der Waals surface area contributed by atoms with E-state index in [1.165, 1.54) is 0 Å². The molecule has 1 aliphatic heterocycles. The van der Waals surface area contributed by atoms with E-state index in [4.69, 9.17) is 22.1 Å². The number of nitrogens with two attached hydrogens (primary N) is 1. The van der Waals surface area contributed by atoms with Crippen molar-refractivity contribution >= 4 is 28.3 Å². The Morgan fingerprint density at radius 1 is 1.32 bits per heavy atom. The molecule has 1 atom stereocenters. The van der Waals surface area contributed by atoms with Gasteiger partial charge in [0.2, 0.25) is 5.88 Å². The molecule has 1 aromatic carbocycles. The van der Waals surface area contributed by atoms with Crippen LogP contribution in [-0.2, 0) is 9.53 Å². The summed E-state index contributed by atoms with van der Waals surface area (Å²) in [5, 5.41) is 10.9. The van der Waals surface area contributed by atoms with Crippen molar-refractivity contribution in [3.05, 3.63) is 63.3 Å². The fraction of sp³-hybridized carbons (Fsp3) is 0.318. The first kappa shape index (κ1) is 18.5. The molecule has 0 spiro atoms. The van der Waals surface area contributed by atoms with Gasteiger partial charge >= 0.3 is 0 Å². The zero-order valence-corrected chi connectivity index (χ0v) is 16.7. The number of fused-ring (bicyclic) bond motifs is 1. The quantitative estimate of drug-likeness (QED) is 0.712. The molecular formula is C22H20ClN3O2. The molecule has 0 radical (unpaired) electrons. The molecule has 2 N–H and O–H groups in total. The Labute approximate surface area is 168 Å². The first-order valence-corrected chi connectivity index (χ1v) is 9.48. The number of ketones is 1. The van der Waals surface area contributed by atoms with Crippen molar-refractivity contribution in [1.29, 1.82) is 5.26 Å². The number of hydrogen-bond donors (Lipinski definition) is 1. The third-order valence-electron chi connectivity index (χ3n) is 5.34. The number of allylic oxidation sites excluding steroid dienone is 3. The normalized spacial score (nSPS) is 21.4. The molecule has 1 aromatic heterocycles. The Morgan fingerprint density at radius 3 is 2.79 bits per heavy atom. The van der Waals surface area contributed by atoms with Crippen LogP contribution in [0.4, 0.5) is 0 Å². The van der Waals surface area contributed by atoms with Gasteiger partial charge in [-0.15, -0.1) is 0 Å². The molecule has 2 heterocycles. The van der Waals surface area contributed by atoms with Crippen molar-refractivity contribution in [1.82, 2.24) is 4.98 Å². The number of aromatic nitrogens is 1. The third kappa shape index (κ3) is 2.94. The van der Waals surface area contributed by atoms with E-state index in [1.54, 1.807) is 0 Å². The minimum absolute atomic E-state index is 0.0248. The SMILES string of the molecule is Cc1ccc2cc(C3C(C#N)=C(N)OC4=C3C(=O)CC(C)(C)C4)c(Cl)nc2c1. The number of ether oxygens (including phenoxy) is 1. The van der Waals surface area contributed by atoms with Crippen LogP contribution in [0.1, 0.15) is 43.7 Å². The number of Topliss-reactive ketones (excluding diaryl/α,β-unsaturated/α-hetero) is 1. The fourth-order valence-electron chi connectivity index (χ4n) is 4.07. The summed E-state index contributed by atoms with van der Waals surface area (Å²) in [4.78, 5) is 17.6. The van der Waals surface area contributed by atoms with Gasteiger partial charge < -0.3 is 10.5 Å². The second kappa shape index (κ2) is 6.35. The van der Waals surface area contributed by atoms with Gasteiger partial charge in [-0.1, -0.05) is 37.6 Å². The third-order valence-corrected chi connectivity index (χ3v) is 5.64. The molecule has 2 aliphatic rings. The van der Waals surface area contributed by atoms with Gasteiger partial charge in [0.15, 0.2) is 5.78 Å². The van der Waals surface area contributed by atoms with Crippen molar-refractivity contribution in [2.45, 2.75) is 39.5 Å². The number of benzene rings is 1. The van der Waals surface area contributed by atoms with E-state index in [0.717, 1.165) is 16.5 Å². The summed E-state index contributed by atoms with van der Waals surface area (Å²) < 4.78 is 5.72. The number of pyridine rings is 1. The predicted molar refractivity (Wildman–Crippen MR) is 107 cm³/mol. The van der Waals surface area contributed by atoms with Crippen molar-refractivity contribution in [2.24, 2.45) is 11.1 Å². The van der Waals surface area contributed by atoms with Crippen molar-refractivity contribution in [3.63, 3.8) is 0 Å². The predicted octanol–water partition coefficient (Wildman–Crippen LogP) is 4.65. The molecule has 0 saturated carbocycles. The molecular weight excluding hydrogens is 374 g/mol. The van der Waals surface area contributed by atoms with Crippen LogP contribution in [0, 0.1) is 23.7 Å². The van der Waals surface area contributed by atoms with Gasteiger partial charge in [0, 0.05) is 29.4 Å². The van der Waals surface area contributed by atoms with Gasteiger partial charge in [-0.3, -0.25) is 4.79 Å². The molecule has 0 saturated heterocycles. The fourth-order valence-corrected chi connectivity index (χ4v) is 4.32. The summed E-state index contributed by atoms with van der Waals surface area (Å²) in [5.41, 5.74) is 8.95. The van der Waals surface area contributed by atoms with Gasteiger partial charge in [-0.25, -0.2) is 4.98 Å². The minimum atomic E-state index is -0.664. The number of nitriles is 1. The minimum Gasteiger partial charge on any atom is -0.444 e. The average Bonchev–Trinajstić information content (AvgIpc) is 2.58. The second-order valence-electron chi connectivity index (χ2n) is 8.27. The molecule has 0 fully saturated rings. The molecule has 28 heavy (non-hydrogen) atoms. The van der Waals surface area contributed by atoms with Gasteiger partial charge in [0.1, 0.15) is 22.6 Å². The lowest BCUT2D eigenvalue weighted by Gasteiger charge is -2.37. The highest BCUT2D eigenvalue weighted by molar-refractivity contribution is 6.31. The number of carbonyl (C=O) groups excluding carboxylic acids is 1. The number of nitrogens with zero attached hydrogens (tertiary/aromatic N) is 2.